The van der Waals surface area contributed by atoms with Gasteiger partial charge in [-0.1, -0.05) is 78.4 Å². The number of pyridine rings is 2. The number of benzene rings is 3. The summed E-state index contributed by atoms with van der Waals surface area (Å²) in [4.78, 5) is 23.5. The van der Waals surface area contributed by atoms with E-state index in [4.69, 9.17) is 0 Å². The molecular formula is C32H29N7O. The first kappa shape index (κ1) is 25.3. The second-order valence-electron chi connectivity index (χ2n) is 9.98. The quantitative estimate of drug-likeness (QED) is 0.283. The smallest absolute Gasteiger partial charge is 0.253 e. The molecule has 3 aromatic heterocycles. The van der Waals surface area contributed by atoms with Gasteiger partial charge in [0.15, 0.2) is 5.82 Å². The van der Waals surface area contributed by atoms with Crippen LogP contribution in [0.25, 0.3) is 10.9 Å². The Morgan fingerprint density at radius 1 is 0.850 bits per heavy atom. The lowest BCUT2D eigenvalue weighted by atomic mass is 10.0. The minimum absolute atomic E-state index is 0.167. The van der Waals surface area contributed by atoms with E-state index in [2.05, 4.69) is 48.6 Å². The van der Waals surface area contributed by atoms with E-state index in [9.17, 15) is 4.79 Å². The molecule has 0 amide bonds. The van der Waals surface area contributed by atoms with Gasteiger partial charge in [-0.2, -0.15) is 0 Å². The lowest BCUT2D eigenvalue weighted by Crippen LogP contribution is -2.35. The van der Waals surface area contributed by atoms with Crippen molar-refractivity contribution in [2.24, 2.45) is 0 Å². The van der Waals surface area contributed by atoms with Crippen molar-refractivity contribution >= 4 is 10.9 Å². The molecule has 3 heterocycles. The monoisotopic (exact) mass is 527 g/mol. The van der Waals surface area contributed by atoms with Crippen LogP contribution < -0.4 is 5.56 Å². The fourth-order valence-electron chi connectivity index (χ4n) is 5.10. The van der Waals surface area contributed by atoms with Gasteiger partial charge in [0.25, 0.3) is 5.56 Å². The van der Waals surface area contributed by atoms with Gasteiger partial charge in [-0.25, -0.2) is 4.68 Å². The molecule has 1 N–H and O–H groups in total. The number of hydrogen-bond acceptors (Lipinski definition) is 6. The average Bonchev–Trinajstić information content (AvgIpc) is 3.42. The second kappa shape index (κ2) is 11.4. The molecule has 6 rings (SSSR count). The van der Waals surface area contributed by atoms with E-state index in [-0.39, 0.29) is 5.56 Å². The lowest BCUT2D eigenvalue weighted by molar-refractivity contribution is 0.194. The summed E-state index contributed by atoms with van der Waals surface area (Å²) in [5.41, 5.74) is 5.54. The van der Waals surface area contributed by atoms with Gasteiger partial charge < -0.3 is 4.98 Å². The molecule has 0 bridgehead atoms. The van der Waals surface area contributed by atoms with Crippen LogP contribution in [0.1, 0.15) is 39.7 Å². The van der Waals surface area contributed by atoms with E-state index in [0.717, 1.165) is 33.2 Å². The van der Waals surface area contributed by atoms with Crippen molar-refractivity contribution in [3.63, 3.8) is 0 Å². The molecule has 0 aliphatic carbocycles. The molecule has 1 atom stereocenters. The predicted octanol–water partition coefficient (Wildman–Crippen LogP) is 5.06. The van der Waals surface area contributed by atoms with Crippen LogP contribution in [0.2, 0.25) is 0 Å². The summed E-state index contributed by atoms with van der Waals surface area (Å²) >= 11 is 0. The fourth-order valence-corrected chi connectivity index (χ4v) is 5.10. The van der Waals surface area contributed by atoms with Crippen LogP contribution in [0.5, 0.6) is 0 Å². The molecular weight excluding hydrogens is 498 g/mol. The summed E-state index contributed by atoms with van der Waals surface area (Å²) in [6.07, 6.45) is 3.62. The van der Waals surface area contributed by atoms with E-state index >= 15 is 0 Å². The SMILES string of the molecule is Cc1ccc2[nH]c(=O)c([C@H](c3nnnn3Cc3ccccc3)N(Cc3ccccc3)Cc3cccnc3)cc2c1. The highest BCUT2D eigenvalue weighted by Gasteiger charge is 2.31. The van der Waals surface area contributed by atoms with Gasteiger partial charge in [0.2, 0.25) is 0 Å². The minimum Gasteiger partial charge on any atom is -0.322 e. The van der Waals surface area contributed by atoms with Gasteiger partial charge in [0.05, 0.1) is 6.54 Å². The lowest BCUT2D eigenvalue weighted by Gasteiger charge is -2.31. The third kappa shape index (κ3) is 5.57. The topological polar surface area (TPSA) is 92.6 Å². The molecule has 0 unspecified atom stereocenters. The van der Waals surface area contributed by atoms with Crippen molar-refractivity contribution in [3.05, 3.63) is 153 Å². The number of nitrogens with zero attached hydrogens (tertiary/aromatic N) is 6. The Bertz CT molecular complexity index is 1720. The van der Waals surface area contributed by atoms with Gasteiger partial charge in [-0.15, -0.1) is 5.10 Å². The molecule has 0 saturated carbocycles. The van der Waals surface area contributed by atoms with Gasteiger partial charge in [0.1, 0.15) is 6.04 Å². The second-order valence-corrected chi connectivity index (χ2v) is 9.98. The molecule has 0 spiro atoms. The largest absolute Gasteiger partial charge is 0.322 e. The van der Waals surface area contributed by atoms with Crippen LogP contribution in [-0.2, 0) is 19.6 Å². The third-order valence-electron chi connectivity index (χ3n) is 7.00. The number of tetrazole rings is 1. The van der Waals surface area contributed by atoms with Gasteiger partial charge in [0, 0.05) is 36.6 Å². The molecule has 6 aromatic rings. The maximum atomic E-state index is 13.8. The van der Waals surface area contributed by atoms with Gasteiger partial charge in [-0.05, 0) is 63.7 Å². The van der Waals surface area contributed by atoms with Crippen molar-refractivity contribution in [2.45, 2.75) is 32.6 Å². The van der Waals surface area contributed by atoms with Crippen molar-refractivity contribution in [3.8, 4) is 0 Å². The predicted molar refractivity (Wildman–Crippen MR) is 154 cm³/mol. The average molecular weight is 528 g/mol. The van der Waals surface area contributed by atoms with Crippen molar-refractivity contribution in [1.29, 1.82) is 0 Å². The minimum atomic E-state index is -0.534. The number of hydrogen-bond donors (Lipinski definition) is 1. The Labute approximate surface area is 232 Å². The van der Waals surface area contributed by atoms with Crippen LogP contribution in [0.3, 0.4) is 0 Å². The highest BCUT2D eigenvalue weighted by Crippen LogP contribution is 2.30. The van der Waals surface area contributed by atoms with E-state index in [1.54, 1.807) is 10.9 Å². The zero-order valence-corrected chi connectivity index (χ0v) is 22.2. The molecule has 0 fully saturated rings. The fraction of sp³-hybridized carbons (Fsp3) is 0.156. The molecule has 0 aliphatic rings. The normalized spacial score (nSPS) is 12.2. The molecule has 40 heavy (non-hydrogen) atoms. The van der Waals surface area contributed by atoms with E-state index < -0.39 is 6.04 Å². The number of H-pyrrole nitrogens is 1. The number of aromatic nitrogens is 6. The summed E-state index contributed by atoms with van der Waals surface area (Å²) in [6, 6.07) is 31.8. The summed E-state index contributed by atoms with van der Waals surface area (Å²) in [5, 5.41) is 13.9. The van der Waals surface area contributed by atoms with Crippen LogP contribution in [0, 0.1) is 6.92 Å². The van der Waals surface area contributed by atoms with E-state index in [1.807, 2.05) is 92.0 Å². The molecule has 3 aromatic carbocycles. The maximum Gasteiger partial charge on any atom is 0.253 e. The number of nitrogens with one attached hydrogen (secondary N) is 1. The van der Waals surface area contributed by atoms with Crippen LogP contribution in [-0.4, -0.2) is 35.1 Å². The maximum absolute atomic E-state index is 13.8. The van der Waals surface area contributed by atoms with Crippen LogP contribution in [0.4, 0.5) is 0 Å². The molecule has 0 aliphatic heterocycles. The van der Waals surface area contributed by atoms with E-state index in [1.165, 1.54) is 0 Å². The molecule has 0 saturated heterocycles. The Hall–Kier alpha value is -4.95. The first-order valence-corrected chi connectivity index (χ1v) is 13.2. The number of rotatable bonds is 9. The summed E-state index contributed by atoms with van der Waals surface area (Å²) < 4.78 is 1.79. The van der Waals surface area contributed by atoms with Crippen molar-refractivity contribution in [2.75, 3.05) is 0 Å². The molecule has 8 heteroatoms. The van der Waals surface area contributed by atoms with Gasteiger partial charge in [-0.3, -0.25) is 14.7 Å². The standard InChI is InChI=1S/C32H29N7O/c1-23-14-15-29-27(17-23)18-28(32(40)34-29)30(31-35-36-37-39(31)22-25-11-6-3-7-12-25)38(20-24-9-4-2-5-10-24)21-26-13-8-16-33-19-26/h2-19,30H,20-22H2,1H3,(H,34,40)/t30-/m1/s1. The highest BCUT2D eigenvalue weighted by molar-refractivity contribution is 5.79. The molecule has 198 valence electrons. The Balaban J connectivity index is 1.53. The van der Waals surface area contributed by atoms with Crippen LogP contribution in [0.15, 0.2) is 114 Å². The Kier molecular flexibility index (Phi) is 7.24. The zero-order chi connectivity index (χ0) is 27.3. The molecule has 8 nitrogen and oxygen atoms in total. The van der Waals surface area contributed by atoms with Crippen molar-refractivity contribution < 1.29 is 0 Å². The zero-order valence-electron chi connectivity index (χ0n) is 22.2. The highest BCUT2D eigenvalue weighted by atomic mass is 16.1. The van der Waals surface area contributed by atoms with E-state index in [0.29, 0.717) is 31.0 Å². The Morgan fingerprint density at radius 2 is 1.57 bits per heavy atom. The first-order chi connectivity index (χ1) is 19.6. The summed E-state index contributed by atoms with van der Waals surface area (Å²) in [6.45, 7) is 3.64. The number of aromatic amines is 1. The molecule has 0 radical (unpaired) electrons. The summed E-state index contributed by atoms with van der Waals surface area (Å²) in [5.74, 6) is 0.598. The third-order valence-corrected chi connectivity index (χ3v) is 7.00. The number of fused-ring (bicyclic) bond motifs is 1. The summed E-state index contributed by atoms with van der Waals surface area (Å²) in [7, 11) is 0. The van der Waals surface area contributed by atoms with Crippen molar-refractivity contribution in [1.82, 2.24) is 35.1 Å². The number of aryl methyl sites for hydroxylation is 1. The van der Waals surface area contributed by atoms with Crippen LogP contribution >= 0.6 is 0 Å². The first-order valence-electron chi connectivity index (χ1n) is 13.2. The Morgan fingerprint density at radius 3 is 2.33 bits per heavy atom. The van der Waals surface area contributed by atoms with Gasteiger partial charge >= 0.3 is 0 Å².